The van der Waals surface area contributed by atoms with Crippen molar-refractivity contribution in [2.45, 2.75) is 57.8 Å². The molecule has 0 aromatic heterocycles. The van der Waals surface area contributed by atoms with Gasteiger partial charge in [-0.1, -0.05) is 19.3 Å². The largest absolute Gasteiger partial charge is 0.481 e. The quantitative estimate of drug-likeness (QED) is 0.143. The molecule has 1 rings (SSSR count). The molecule has 0 spiro atoms. The minimum atomic E-state index is -1.46. The third kappa shape index (κ3) is 12.3. The number of hydrogen-bond acceptors (Lipinski definition) is 12. The lowest BCUT2D eigenvalue weighted by molar-refractivity contribution is -0.790. The summed E-state index contributed by atoms with van der Waals surface area (Å²) in [5.74, 6) is -1.94. The molecule has 0 bridgehead atoms. The van der Waals surface area contributed by atoms with Crippen LogP contribution in [-0.4, -0.2) is 72.1 Å². The van der Waals surface area contributed by atoms with Crippen LogP contribution in [0.4, 0.5) is 4.79 Å². The van der Waals surface area contributed by atoms with Crippen molar-refractivity contribution in [1.82, 2.24) is 5.32 Å². The van der Waals surface area contributed by atoms with Crippen LogP contribution in [0.5, 0.6) is 0 Å². The molecular formula is C17H27N3O13. The van der Waals surface area contributed by atoms with Gasteiger partial charge in [0.15, 0.2) is 6.10 Å². The lowest BCUT2D eigenvalue weighted by Gasteiger charge is -2.36. The highest BCUT2D eigenvalue weighted by molar-refractivity contribution is 5.71. The van der Waals surface area contributed by atoms with Gasteiger partial charge in [0.1, 0.15) is 13.2 Å². The fourth-order valence-electron chi connectivity index (χ4n) is 3.38. The van der Waals surface area contributed by atoms with Crippen molar-refractivity contribution in [3.8, 4) is 0 Å². The predicted molar refractivity (Wildman–Crippen MR) is 103 cm³/mol. The first kappa shape index (κ1) is 27.6. The number of carbonyl (C=O) groups is 3. The van der Waals surface area contributed by atoms with Crippen LogP contribution < -0.4 is 5.32 Å². The fraction of sp³-hybridized carbons (Fsp3) is 0.824. The van der Waals surface area contributed by atoms with Gasteiger partial charge in [-0.05, 0) is 18.3 Å². The number of hydrogen-bond donors (Lipinski definition) is 2. The smallest absolute Gasteiger partial charge is 0.410 e. The van der Waals surface area contributed by atoms with E-state index in [4.69, 9.17) is 19.3 Å². The maximum atomic E-state index is 12.0. The molecule has 0 saturated heterocycles. The van der Waals surface area contributed by atoms with E-state index in [-0.39, 0.29) is 13.0 Å². The molecule has 2 atom stereocenters. The standard InChI is InChI=1S/C17H27N3O13/c1-12(31-15(23)10-29-8-13(33-20(27)28)9-30-19(25)26)32-16(24)18-11-17(7-14(21)22)5-3-2-4-6-17/h12-13H,2-11H2,1H3,(H,18,24)(H,21,22). The number of aliphatic carboxylic acids is 1. The maximum Gasteiger partial charge on any atom is 0.410 e. The Hall–Kier alpha value is -3.43. The number of nitrogens with zero attached hydrogens (tertiary/aromatic N) is 2. The molecule has 16 nitrogen and oxygen atoms in total. The van der Waals surface area contributed by atoms with Gasteiger partial charge in [-0.15, -0.1) is 20.2 Å². The molecule has 1 saturated carbocycles. The van der Waals surface area contributed by atoms with E-state index in [1.807, 2.05) is 0 Å². The molecule has 0 heterocycles. The number of rotatable bonds is 15. The Labute approximate surface area is 187 Å². The van der Waals surface area contributed by atoms with Gasteiger partial charge >= 0.3 is 18.0 Å². The van der Waals surface area contributed by atoms with Gasteiger partial charge in [0.2, 0.25) is 6.29 Å². The van der Waals surface area contributed by atoms with Crippen LogP contribution in [0, 0.1) is 25.6 Å². The molecule has 188 valence electrons. The number of ether oxygens (including phenoxy) is 3. The Morgan fingerprint density at radius 2 is 1.73 bits per heavy atom. The van der Waals surface area contributed by atoms with E-state index in [2.05, 4.69) is 15.0 Å². The van der Waals surface area contributed by atoms with Gasteiger partial charge in [-0.3, -0.25) is 4.79 Å². The van der Waals surface area contributed by atoms with Crippen molar-refractivity contribution in [2.24, 2.45) is 5.41 Å². The molecule has 1 aliphatic carbocycles. The molecule has 0 aromatic carbocycles. The van der Waals surface area contributed by atoms with E-state index in [0.717, 1.165) is 19.3 Å². The summed E-state index contributed by atoms with van der Waals surface area (Å²) in [6, 6.07) is 0. The van der Waals surface area contributed by atoms with Gasteiger partial charge in [0.25, 0.3) is 10.2 Å². The number of carbonyl (C=O) groups excluding carboxylic acids is 2. The van der Waals surface area contributed by atoms with E-state index in [1.165, 1.54) is 6.92 Å². The summed E-state index contributed by atoms with van der Waals surface area (Å²) in [6.07, 6.45) is 0.300. The Morgan fingerprint density at radius 1 is 1.06 bits per heavy atom. The summed E-state index contributed by atoms with van der Waals surface area (Å²) >= 11 is 0. The molecule has 1 fully saturated rings. The number of alkyl carbamates (subject to hydrolysis) is 1. The minimum absolute atomic E-state index is 0.0803. The second kappa shape index (κ2) is 13.9. The Balaban J connectivity index is 2.36. The van der Waals surface area contributed by atoms with Crippen molar-refractivity contribution in [2.75, 3.05) is 26.4 Å². The first-order valence-electron chi connectivity index (χ1n) is 10.0. The molecule has 2 N–H and O–H groups in total. The third-order valence-electron chi connectivity index (χ3n) is 4.74. The average Bonchev–Trinajstić information content (AvgIpc) is 2.70. The van der Waals surface area contributed by atoms with E-state index < -0.39 is 65.8 Å². The van der Waals surface area contributed by atoms with Gasteiger partial charge < -0.3 is 34.3 Å². The molecule has 0 aliphatic heterocycles. The summed E-state index contributed by atoms with van der Waals surface area (Å²) in [7, 11) is 0. The number of amides is 1. The second-order valence-corrected chi connectivity index (χ2v) is 7.43. The summed E-state index contributed by atoms with van der Waals surface area (Å²) in [5.41, 5.74) is -0.557. The molecule has 33 heavy (non-hydrogen) atoms. The lowest BCUT2D eigenvalue weighted by atomic mass is 9.72. The molecule has 0 aromatic rings. The summed E-state index contributed by atoms with van der Waals surface area (Å²) in [6.45, 7) is -0.745. The van der Waals surface area contributed by atoms with Crippen molar-refractivity contribution < 1.29 is 53.5 Å². The SMILES string of the molecule is CC(OC(=O)COCC(CO[N+](=O)[O-])O[N+](=O)[O-])OC(=O)NCC1(CC(=O)O)CCCCC1. The van der Waals surface area contributed by atoms with Gasteiger partial charge in [-0.2, -0.15) is 0 Å². The highest BCUT2D eigenvalue weighted by Gasteiger charge is 2.35. The minimum Gasteiger partial charge on any atom is -0.481 e. The van der Waals surface area contributed by atoms with Crippen LogP contribution in [0.25, 0.3) is 0 Å². The summed E-state index contributed by atoms with van der Waals surface area (Å²) in [5, 5.41) is 29.8. The van der Waals surface area contributed by atoms with Crippen molar-refractivity contribution in [1.29, 1.82) is 0 Å². The number of carboxylic acids is 1. The molecular weight excluding hydrogens is 454 g/mol. The van der Waals surface area contributed by atoms with E-state index in [1.54, 1.807) is 0 Å². The summed E-state index contributed by atoms with van der Waals surface area (Å²) in [4.78, 5) is 63.5. The summed E-state index contributed by atoms with van der Waals surface area (Å²) < 4.78 is 14.6. The van der Waals surface area contributed by atoms with Crippen LogP contribution >= 0.6 is 0 Å². The van der Waals surface area contributed by atoms with Gasteiger partial charge in [-0.25, -0.2) is 9.59 Å². The van der Waals surface area contributed by atoms with Crippen molar-refractivity contribution in [3.63, 3.8) is 0 Å². The number of carboxylic acid groups (broad SMARTS) is 1. The molecule has 16 heteroatoms. The van der Waals surface area contributed by atoms with Gasteiger partial charge in [0, 0.05) is 13.5 Å². The maximum absolute atomic E-state index is 12.0. The Morgan fingerprint density at radius 3 is 2.30 bits per heavy atom. The Bertz CT molecular complexity index is 696. The molecule has 1 aliphatic rings. The molecule has 0 radical (unpaired) electrons. The van der Waals surface area contributed by atoms with E-state index in [0.29, 0.717) is 12.8 Å². The Kier molecular flexibility index (Phi) is 11.6. The van der Waals surface area contributed by atoms with E-state index >= 15 is 0 Å². The number of nitrogens with one attached hydrogen (secondary N) is 1. The molecule has 1 amide bonds. The first-order chi connectivity index (χ1) is 15.5. The van der Waals surface area contributed by atoms with Crippen molar-refractivity contribution >= 4 is 18.0 Å². The van der Waals surface area contributed by atoms with Crippen LogP contribution in [-0.2, 0) is 33.5 Å². The topological polar surface area (TPSA) is 216 Å². The first-order valence-corrected chi connectivity index (χ1v) is 10.0. The zero-order valence-electron chi connectivity index (χ0n) is 18.0. The van der Waals surface area contributed by atoms with Gasteiger partial charge in [0.05, 0.1) is 13.0 Å². The fourth-order valence-corrected chi connectivity index (χ4v) is 3.38. The highest BCUT2D eigenvalue weighted by Crippen LogP contribution is 2.38. The van der Waals surface area contributed by atoms with Crippen molar-refractivity contribution in [3.05, 3.63) is 20.2 Å². The highest BCUT2D eigenvalue weighted by atomic mass is 17.0. The van der Waals surface area contributed by atoms with Crippen LogP contribution in [0.1, 0.15) is 45.4 Å². The zero-order valence-corrected chi connectivity index (χ0v) is 18.0. The molecule has 2 unspecified atom stereocenters. The number of esters is 1. The second-order valence-electron chi connectivity index (χ2n) is 7.43. The third-order valence-corrected chi connectivity index (χ3v) is 4.74. The van der Waals surface area contributed by atoms with Crippen LogP contribution in [0.2, 0.25) is 0 Å². The zero-order chi connectivity index (χ0) is 24.9. The predicted octanol–water partition coefficient (Wildman–Crippen LogP) is 0.829. The van der Waals surface area contributed by atoms with Crippen LogP contribution in [0.3, 0.4) is 0 Å². The van der Waals surface area contributed by atoms with Crippen LogP contribution in [0.15, 0.2) is 0 Å². The lowest BCUT2D eigenvalue weighted by Crippen LogP contribution is -2.41. The average molecular weight is 481 g/mol. The van der Waals surface area contributed by atoms with E-state index in [9.17, 15) is 34.6 Å². The normalized spacial score (nSPS) is 16.5. The monoisotopic (exact) mass is 481 g/mol.